The summed E-state index contributed by atoms with van der Waals surface area (Å²) in [5.74, 6) is 0.305. The fraction of sp³-hybridized carbons (Fsp3) is 0.273. The molecule has 0 saturated carbocycles. The van der Waals surface area contributed by atoms with Crippen LogP contribution in [0.2, 0.25) is 0 Å². The van der Waals surface area contributed by atoms with Gasteiger partial charge in [-0.15, -0.1) is 0 Å². The van der Waals surface area contributed by atoms with Gasteiger partial charge in [-0.1, -0.05) is 0 Å². The maximum Gasteiger partial charge on any atom is 0.343 e. The van der Waals surface area contributed by atoms with Crippen molar-refractivity contribution in [3.63, 3.8) is 0 Å². The van der Waals surface area contributed by atoms with Crippen LogP contribution in [-0.4, -0.2) is 26.8 Å². The highest BCUT2D eigenvalue weighted by Crippen LogP contribution is 2.27. The molecule has 0 aliphatic rings. The Balaban J connectivity index is 2.84. The number of ether oxygens (including phenoxy) is 3. The van der Waals surface area contributed by atoms with Crippen molar-refractivity contribution in [2.75, 3.05) is 20.8 Å². The van der Waals surface area contributed by atoms with Gasteiger partial charge >= 0.3 is 5.97 Å². The van der Waals surface area contributed by atoms with Crippen LogP contribution >= 0.6 is 0 Å². The second-order valence-electron chi connectivity index (χ2n) is 2.84. The minimum atomic E-state index is -0.496. The number of esters is 1. The molecule has 0 heterocycles. The molecular formula is C11H11NO4. The summed E-state index contributed by atoms with van der Waals surface area (Å²) in [6, 6.07) is 6.67. The van der Waals surface area contributed by atoms with Crippen LogP contribution in [0.1, 0.15) is 5.56 Å². The zero-order valence-corrected chi connectivity index (χ0v) is 9.02. The largest absolute Gasteiger partial charge is 0.493 e. The van der Waals surface area contributed by atoms with Gasteiger partial charge in [0.05, 0.1) is 25.9 Å². The van der Waals surface area contributed by atoms with E-state index < -0.39 is 5.97 Å². The third-order valence-electron chi connectivity index (χ3n) is 1.87. The van der Waals surface area contributed by atoms with Crippen LogP contribution < -0.4 is 9.47 Å². The highest BCUT2D eigenvalue weighted by atomic mass is 16.6. The van der Waals surface area contributed by atoms with Crippen molar-refractivity contribution in [3.05, 3.63) is 23.8 Å². The molecule has 1 aromatic rings. The Hall–Kier alpha value is -2.22. The van der Waals surface area contributed by atoms with E-state index in [9.17, 15) is 4.79 Å². The van der Waals surface area contributed by atoms with Crippen LogP contribution in [0, 0.1) is 11.3 Å². The van der Waals surface area contributed by atoms with Crippen LogP contribution in [0.15, 0.2) is 18.2 Å². The average molecular weight is 221 g/mol. The third-order valence-corrected chi connectivity index (χ3v) is 1.87. The first-order valence-electron chi connectivity index (χ1n) is 4.49. The van der Waals surface area contributed by atoms with Crippen molar-refractivity contribution in [2.24, 2.45) is 0 Å². The molecule has 0 atom stereocenters. The van der Waals surface area contributed by atoms with Crippen LogP contribution in [-0.2, 0) is 9.53 Å². The molecule has 0 aliphatic heterocycles. The summed E-state index contributed by atoms with van der Waals surface area (Å²) in [7, 11) is 2.75. The lowest BCUT2D eigenvalue weighted by Gasteiger charge is -2.09. The van der Waals surface area contributed by atoms with Gasteiger partial charge in [0.2, 0.25) is 0 Å². The lowest BCUT2D eigenvalue weighted by molar-refractivity contribution is -0.142. The molecule has 0 bridgehead atoms. The smallest absolute Gasteiger partial charge is 0.343 e. The number of methoxy groups -OCH3 is 2. The van der Waals surface area contributed by atoms with E-state index in [1.165, 1.54) is 20.3 Å². The summed E-state index contributed by atoms with van der Waals surface area (Å²) in [4.78, 5) is 10.9. The first kappa shape index (κ1) is 11.9. The molecule has 16 heavy (non-hydrogen) atoms. The molecule has 0 aromatic heterocycles. The van der Waals surface area contributed by atoms with Gasteiger partial charge in [-0.2, -0.15) is 5.26 Å². The summed E-state index contributed by atoms with van der Waals surface area (Å²) in [6.45, 7) is -0.220. The van der Waals surface area contributed by atoms with E-state index in [0.717, 1.165) is 0 Å². The second-order valence-corrected chi connectivity index (χ2v) is 2.84. The molecule has 0 aliphatic carbocycles. The van der Waals surface area contributed by atoms with Crippen molar-refractivity contribution in [2.45, 2.75) is 0 Å². The van der Waals surface area contributed by atoms with Crippen molar-refractivity contribution >= 4 is 5.97 Å². The Labute approximate surface area is 93.2 Å². The number of carbonyl (C=O) groups excluding carboxylic acids is 1. The maximum atomic E-state index is 10.9. The number of rotatable bonds is 4. The van der Waals surface area contributed by atoms with Gasteiger partial charge in [0.1, 0.15) is 0 Å². The molecule has 0 radical (unpaired) electrons. The van der Waals surface area contributed by atoms with Crippen molar-refractivity contribution in [1.82, 2.24) is 0 Å². The Morgan fingerprint density at radius 3 is 2.69 bits per heavy atom. The molecule has 1 rings (SSSR count). The predicted octanol–water partition coefficient (Wildman–Crippen LogP) is 1.12. The Morgan fingerprint density at radius 1 is 1.38 bits per heavy atom. The SMILES string of the molecule is COC(=O)COc1cc(C#N)ccc1OC. The summed E-state index contributed by atoms with van der Waals surface area (Å²) in [5, 5.41) is 8.71. The molecule has 0 saturated heterocycles. The first-order chi connectivity index (χ1) is 7.71. The number of nitrogens with zero attached hydrogens (tertiary/aromatic N) is 1. The summed E-state index contributed by atoms with van der Waals surface area (Å²) < 4.78 is 14.6. The predicted molar refractivity (Wildman–Crippen MR) is 55.2 cm³/mol. The topological polar surface area (TPSA) is 68.5 Å². The Morgan fingerprint density at radius 2 is 2.12 bits per heavy atom. The summed E-state index contributed by atoms with van der Waals surface area (Å²) in [5.41, 5.74) is 0.431. The Bertz CT molecular complexity index is 422. The monoisotopic (exact) mass is 221 g/mol. The van der Waals surface area contributed by atoms with Gasteiger partial charge in [0, 0.05) is 6.07 Å². The van der Waals surface area contributed by atoms with Gasteiger partial charge < -0.3 is 14.2 Å². The van der Waals surface area contributed by atoms with E-state index in [-0.39, 0.29) is 6.61 Å². The average Bonchev–Trinajstić information content (AvgIpc) is 2.35. The fourth-order valence-electron chi connectivity index (χ4n) is 1.05. The number of hydrogen-bond donors (Lipinski definition) is 0. The second kappa shape index (κ2) is 5.61. The highest BCUT2D eigenvalue weighted by molar-refractivity contribution is 5.71. The van der Waals surface area contributed by atoms with Crippen molar-refractivity contribution < 1.29 is 19.0 Å². The van der Waals surface area contributed by atoms with E-state index in [4.69, 9.17) is 14.7 Å². The van der Waals surface area contributed by atoms with Gasteiger partial charge in [-0.3, -0.25) is 0 Å². The normalized spacial score (nSPS) is 9.06. The molecule has 5 nitrogen and oxygen atoms in total. The molecular weight excluding hydrogens is 210 g/mol. The fourth-order valence-corrected chi connectivity index (χ4v) is 1.05. The quantitative estimate of drug-likeness (QED) is 0.712. The molecule has 5 heteroatoms. The maximum absolute atomic E-state index is 10.9. The third kappa shape index (κ3) is 2.89. The van der Waals surface area contributed by atoms with E-state index in [0.29, 0.717) is 17.1 Å². The highest BCUT2D eigenvalue weighted by Gasteiger charge is 2.08. The van der Waals surface area contributed by atoms with Crippen LogP contribution in [0.5, 0.6) is 11.5 Å². The van der Waals surface area contributed by atoms with Crippen LogP contribution in [0.3, 0.4) is 0 Å². The van der Waals surface area contributed by atoms with E-state index in [1.54, 1.807) is 12.1 Å². The Kier molecular flexibility index (Phi) is 4.16. The van der Waals surface area contributed by atoms with Gasteiger partial charge in [0.25, 0.3) is 0 Å². The number of carbonyl (C=O) groups is 1. The van der Waals surface area contributed by atoms with E-state index >= 15 is 0 Å². The molecule has 0 fully saturated rings. The lowest BCUT2D eigenvalue weighted by atomic mass is 10.2. The number of hydrogen-bond acceptors (Lipinski definition) is 5. The summed E-state index contributed by atoms with van der Waals surface area (Å²) in [6.07, 6.45) is 0. The number of nitriles is 1. The van der Waals surface area contributed by atoms with Crippen LogP contribution in [0.25, 0.3) is 0 Å². The first-order valence-corrected chi connectivity index (χ1v) is 4.49. The summed E-state index contributed by atoms with van der Waals surface area (Å²) >= 11 is 0. The molecule has 0 spiro atoms. The van der Waals surface area contributed by atoms with Crippen molar-refractivity contribution in [1.29, 1.82) is 5.26 Å². The van der Waals surface area contributed by atoms with E-state index in [1.807, 2.05) is 6.07 Å². The molecule has 0 N–H and O–H groups in total. The molecule has 84 valence electrons. The molecule has 0 amide bonds. The van der Waals surface area contributed by atoms with Gasteiger partial charge in [0.15, 0.2) is 18.1 Å². The van der Waals surface area contributed by atoms with Crippen molar-refractivity contribution in [3.8, 4) is 17.6 Å². The zero-order chi connectivity index (χ0) is 12.0. The van der Waals surface area contributed by atoms with Crippen LogP contribution in [0.4, 0.5) is 0 Å². The molecule has 0 unspecified atom stereocenters. The van der Waals surface area contributed by atoms with E-state index in [2.05, 4.69) is 4.74 Å². The minimum absolute atomic E-state index is 0.220. The van der Waals surface area contributed by atoms with Gasteiger partial charge in [-0.25, -0.2) is 4.79 Å². The van der Waals surface area contributed by atoms with Gasteiger partial charge in [-0.05, 0) is 12.1 Å². The zero-order valence-electron chi connectivity index (χ0n) is 9.02. The molecule has 1 aromatic carbocycles. The minimum Gasteiger partial charge on any atom is -0.493 e. The lowest BCUT2D eigenvalue weighted by Crippen LogP contribution is -2.13. The number of benzene rings is 1. The standard InChI is InChI=1S/C11H11NO4/c1-14-9-4-3-8(6-12)5-10(9)16-7-11(13)15-2/h3-5H,7H2,1-2H3.